The summed E-state index contributed by atoms with van der Waals surface area (Å²) >= 11 is 0. The summed E-state index contributed by atoms with van der Waals surface area (Å²) in [7, 11) is 0. The van der Waals surface area contributed by atoms with Gasteiger partial charge in [-0.3, -0.25) is 9.58 Å². The number of hydrogen-bond acceptors (Lipinski definition) is 3. The molecule has 2 amide bonds. The lowest BCUT2D eigenvalue weighted by atomic mass is 9.94. The molecule has 3 rings (SSSR count). The zero-order chi connectivity index (χ0) is 17.6. The normalized spacial score (nSPS) is 20.6. The van der Waals surface area contributed by atoms with Gasteiger partial charge in [0.2, 0.25) is 0 Å². The Kier molecular flexibility index (Phi) is 6.34. The largest absolute Gasteiger partial charge is 0.336 e. The molecule has 2 heterocycles. The van der Waals surface area contributed by atoms with Crippen molar-refractivity contribution < 1.29 is 4.79 Å². The van der Waals surface area contributed by atoms with Gasteiger partial charge in [-0.1, -0.05) is 26.2 Å². The Hall–Kier alpha value is -1.56. The maximum absolute atomic E-state index is 11.9. The topological polar surface area (TPSA) is 62.2 Å². The van der Waals surface area contributed by atoms with E-state index in [9.17, 15) is 4.79 Å². The maximum atomic E-state index is 11.9. The Bertz CT molecular complexity index is 564. The number of hydrogen-bond donors (Lipinski definition) is 2. The molecular weight excluding hydrogens is 314 g/mol. The monoisotopic (exact) mass is 347 g/mol. The van der Waals surface area contributed by atoms with Gasteiger partial charge in [0.05, 0.1) is 17.9 Å². The third-order valence-corrected chi connectivity index (χ3v) is 5.61. The van der Waals surface area contributed by atoms with Crippen LogP contribution < -0.4 is 10.6 Å². The van der Waals surface area contributed by atoms with Gasteiger partial charge in [0, 0.05) is 31.7 Å². The third kappa shape index (κ3) is 4.97. The van der Waals surface area contributed by atoms with Crippen molar-refractivity contribution >= 4 is 6.03 Å². The summed E-state index contributed by atoms with van der Waals surface area (Å²) in [6, 6.07) is 3.01. The van der Waals surface area contributed by atoms with Crippen molar-refractivity contribution in [3.63, 3.8) is 0 Å². The molecule has 0 spiro atoms. The number of fused-ring (bicyclic) bond motifs is 1. The minimum atomic E-state index is -0.110. The summed E-state index contributed by atoms with van der Waals surface area (Å²) in [6.07, 6.45) is 8.94. The van der Waals surface area contributed by atoms with Crippen molar-refractivity contribution in [1.82, 2.24) is 25.3 Å². The van der Waals surface area contributed by atoms with Crippen molar-refractivity contribution in [2.45, 2.75) is 90.5 Å². The van der Waals surface area contributed by atoms with Crippen LogP contribution in [0.5, 0.6) is 0 Å². The number of carbonyl (C=O) groups excluding carboxylic acids is 1. The van der Waals surface area contributed by atoms with E-state index in [4.69, 9.17) is 5.10 Å². The Morgan fingerprint density at radius 3 is 2.84 bits per heavy atom. The second kappa shape index (κ2) is 8.70. The molecule has 6 heteroatoms. The first kappa shape index (κ1) is 18.2. The van der Waals surface area contributed by atoms with Crippen LogP contribution in [0.4, 0.5) is 4.79 Å². The van der Waals surface area contributed by atoms with Gasteiger partial charge in [0.25, 0.3) is 0 Å². The summed E-state index contributed by atoms with van der Waals surface area (Å²) < 4.78 is 2.15. The molecule has 0 aromatic carbocycles. The highest BCUT2D eigenvalue weighted by atomic mass is 16.2. The molecule has 1 aliphatic carbocycles. The van der Waals surface area contributed by atoms with E-state index in [1.54, 1.807) is 0 Å². The first-order valence-electron chi connectivity index (χ1n) is 9.99. The van der Waals surface area contributed by atoms with Crippen LogP contribution in [0.1, 0.15) is 70.2 Å². The van der Waals surface area contributed by atoms with Gasteiger partial charge < -0.3 is 10.6 Å². The number of urea groups is 1. The smallest absolute Gasteiger partial charge is 0.315 e. The maximum Gasteiger partial charge on any atom is 0.315 e. The molecule has 0 radical (unpaired) electrons. The fraction of sp³-hybridized carbons (Fsp3) is 0.789. The number of nitrogens with one attached hydrogen (secondary N) is 2. The zero-order valence-electron chi connectivity index (χ0n) is 15.8. The number of amides is 2. The van der Waals surface area contributed by atoms with Crippen LogP contribution in [0, 0.1) is 0 Å². The fourth-order valence-electron chi connectivity index (χ4n) is 3.94. The van der Waals surface area contributed by atoms with Gasteiger partial charge in [0.1, 0.15) is 0 Å². The lowest BCUT2D eigenvalue weighted by Crippen LogP contribution is -2.40. The van der Waals surface area contributed by atoms with Crippen LogP contribution in [0.3, 0.4) is 0 Å². The number of nitrogens with zero attached hydrogens (tertiary/aromatic N) is 3. The molecule has 2 aliphatic rings. The van der Waals surface area contributed by atoms with E-state index in [1.807, 2.05) is 6.92 Å². The molecule has 1 aromatic rings. The molecule has 1 unspecified atom stereocenters. The van der Waals surface area contributed by atoms with Gasteiger partial charge >= 0.3 is 6.03 Å². The Morgan fingerprint density at radius 2 is 2.08 bits per heavy atom. The average Bonchev–Trinajstić information content (AvgIpc) is 2.91. The number of aryl methyl sites for hydroxylation is 1. The summed E-state index contributed by atoms with van der Waals surface area (Å²) in [4.78, 5) is 14.5. The molecule has 140 valence electrons. The van der Waals surface area contributed by atoms with E-state index in [2.05, 4.69) is 33.2 Å². The van der Waals surface area contributed by atoms with Crippen molar-refractivity contribution in [1.29, 1.82) is 0 Å². The molecule has 1 aromatic heterocycles. The molecule has 6 nitrogen and oxygen atoms in total. The second-order valence-corrected chi connectivity index (χ2v) is 7.60. The van der Waals surface area contributed by atoms with Crippen molar-refractivity contribution in [2.24, 2.45) is 0 Å². The highest BCUT2D eigenvalue weighted by molar-refractivity contribution is 5.74. The van der Waals surface area contributed by atoms with Gasteiger partial charge in [-0.2, -0.15) is 5.10 Å². The summed E-state index contributed by atoms with van der Waals surface area (Å²) in [5, 5.41) is 10.6. The minimum Gasteiger partial charge on any atom is -0.336 e. The van der Waals surface area contributed by atoms with Crippen LogP contribution >= 0.6 is 0 Å². The summed E-state index contributed by atoms with van der Waals surface area (Å²) in [6.45, 7) is 7.73. The third-order valence-electron chi connectivity index (χ3n) is 5.61. The first-order chi connectivity index (χ1) is 12.2. The molecule has 1 atom stereocenters. The van der Waals surface area contributed by atoms with Crippen LogP contribution in [0.25, 0.3) is 0 Å². The van der Waals surface area contributed by atoms with Gasteiger partial charge in [-0.05, 0) is 38.7 Å². The Morgan fingerprint density at radius 1 is 1.28 bits per heavy atom. The highest BCUT2D eigenvalue weighted by Crippen LogP contribution is 2.25. The summed E-state index contributed by atoms with van der Waals surface area (Å²) in [5.41, 5.74) is 2.25. The van der Waals surface area contributed by atoms with E-state index in [0.717, 1.165) is 37.7 Å². The van der Waals surface area contributed by atoms with Gasteiger partial charge in [0.15, 0.2) is 0 Å². The van der Waals surface area contributed by atoms with E-state index in [-0.39, 0.29) is 12.1 Å². The van der Waals surface area contributed by atoms with Crippen LogP contribution in [-0.4, -0.2) is 39.3 Å². The predicted molar refractivity (Wildman–Crippen MR) is 99.3 cm³/mol. The number of aromatic nitrogens is 2. The molecular formula is C19H33N5O. The van der Waals surface area contributed by atoms with Gasteiger partial charge in [-0.15, -0.1) is 0 Å². The lowest BCUT2D eigenvalue weighted by molar-refractivity contribution is 0.150. The van der Waals surface area contributed by atoms with Crippen LogP contribution in [-0.2, 0) is 19.6 Å². The zero-order valence-corrected chi connectivity index (χ0v) is 15.8. The second-order valence-electron chi connectivity index (χ2n) is 7.60. The van der Waals surface area contributed by atoms with E-state index >= 15 is 0 Å². The standard InChI is InChI=1S/C19H33N5O/c1-3-15(2)21-19(25)20-13-16-12-18-14-23(10-7-11-24(18)22-16)17-8-5-4-6-9-17/h12,15,17H,3-11,13-14H2,1-2H3,(H2,20,21,25). The minimum absolute atomic E-state index is 0.110. The van der Waals surface area contributed by atoms with Crippen molar-refractivity contribution in [2.75, 3.05) is 6.54 Å². The lowest BCUT2D eigenvalue weighted by Gasteiger charge is -2.33. The molecule has 0 saturated heterocycles. The average molecular weight is 348 g/mol. The molecule has 1 aliphatic heterocycles. The van der Waals surface area contributed by atoms with Crippen molar-refractivity contribution in [3.05, 3.63) is 17.5 Å². The Labute approximate surface area is 151 Å². The highest BCUT2D eigenvalue weighted by Gasteiger charge is 2.24. The van der Waals surface area contributed by atoms with Crippen LogP contribution in [0.2, 0.25) is 0 Å². The van der Waals surface area contributed by atoms with Crippen molar-refractivity contribution in [3.8, 4) is 0 Å². The fourth-order valence-corrected chi connectivity index (χ4v) is 3.94. The SMILES string of the molecule is CCC(C)NC(=O)NCc1cc2n(n1)CCCN(C1CCCCC1)C2. The molecule has 25 heavy (non-hydrogen) atoms. The molecule has 1 saturated carbocycles. The Balaban J connectivity index is 1.56. The van der Waals surface area contributed by atoms with E-state index in [0.29, 0.717) is 6.54 Å². The van der Waals surface area contributed by atoms with E-state index in [1.165, 1.54) is 44.3 Å². The quantitative estimate of drug-likeness (QED) is 0.861. The van der Waals surface area contributed by atoms with Gasteiger partial charge in [-0.25, -0.2) is 4.79 Å². The number of rotatable bonds is 5. The molecule has 2 N–H and O–H groups in total. The first-order valence-corrected chi connectivity index (χ1v) is 9.99. The number of carbonyl (C=O) groups is 1. The molecule has 0 bridgehead atoms. The van der Waals surface area contributed by atoms with Crippen LogP contribution in [0.15, 0.2) is 6.07 Å². The van der Waals surface area contributed by atoms with E-state index < -0.39 is 0 Å². The summed E-state index contributed by atoms with van der Waals surface area (Å²) in [5.74, 6) is 0. The predicted octanol–water partition coefficient (Wildman–Crippen LogP) is 3.02. The molecule has 1 fully saturated rings.